The van der Waals surface area contributed by atoms with Gasteiger partial charge in [0, 0.05) is 0 Å². The molecule has 0 saturated carbocycles. The van der Waals surface area contributed by atoms with Gasteiger partial charge in [-0.2, -0.15) is 0 Å². The Morgan fingerprint density at radius 1 is 0.917 bits per heavy atom. The Morgan fingerprint density at radius 2 is 1.38 bits per heavy atom. The van der Waals surface area contributed by atoms with Crippen molar-refractivity contribution in [1.82, 2.24) is 0 Å². The van der Waals surface area contributed by atoms with Gasteiger partial charge in [0.2, 0.25) is 0 Å². The number of rotatable bonds is 14. The Bertz CT molecular complexity index is 394. The summed E-state index contributed by atoms with van der Waals surface area (Å²) in [5, 5.41) is 11.3. The molecule has 0 atom stereocenters. The monoisotopic (exact) mass is 445 g/mol. The van der Waals surface area contributed by atoms with E-state index in [0.717, 1.165) is 12.0 Å². The zero-order valence-corrected chi connectivity index (χ0v) is 19.6. The van der Waals surface area contributed by atoms with Crippen LogP contribution in [-0.2, 0) is 0 Å². The topological polar surface area (TPSA) is 43.1 Å². The molecule has 0 aliphatic heterocycles. The summed E-state index contributed by atoms with van der Waals surface area (Å²) in [4.78, 5) is 11.1. The molecule has 0 aromatic rings. The van der Waals surface area contributed by atoms with Gasteiger partial charge in [-0.1, -0.05) is 0 Å². The van der Waals surface area contributed by atoms with E-state index in [2.05, 4.69) is 30.9 Å². The van der Waals surface area contributed by atoms with Gasteiger partial charge in [-0.05, 0) is 0 Å². The molecule has 0 heterocycles. The summed E-state index contributed by atoms with van der Waals surface area (Å²) in [5.41, 5.74) is 1.29. The predicted molar refractivity (Wildman–Crippen MR) is 109 cm³/mol. The first kappa shape index (κ1) is 23.7. The molecule has 24 heavy (non-hydrogen) atoms. The third-order valence-electron chi connectivity index (χ3n) is 4.93. The van der Waals surface area contributed by atoms with Crippen LogP contribution in [0.15, 0.2) is 21.4 Å². The summed E-state index contributed by atoms with van der Waals surface area (Å²) >= 11 is -2.32. The molecule has 0 amide bonds. The van der Waals surface area contributed by atoms with E-state index < -0.39 is 18.4 Å². The van der Waals surface area contributed by atoms with Crippen molar-refractivity contribution < 1.29 is 4.92 Å². The quantitative estimate of drug-likeness (QED) is 0.122. The van der Waals surface area contributed by atoms with Gasteiger partial charge in [-0.3, -0.25) is 0 Å². The molecule has 140 valence electrons. The van der Waals surface area contributed by atoms with Crippen molar-refractivity contribution in [1.29, 1.82) is 0 Å². The molecule has 0 radical (unpaired) electrons. The molecule has 0 aromatic carbocycles. The molecule has 0 aliphatic rings. The molecule has 3 nitrogen and oxygen atoms in total. The second-order valence-electron chi connectivity index (χ2n) is 7.14. The van der Waals surface area contributed by atoms with Crippen LogP contribution < -0.4 is 0 Å². The average Bonchev–Trinajstić information content (AvgIpc) is 2.57. The Labute approximate surface area is 154 Å². The van der Waals surface area contributed by atoms with Gasteiger partial charge < -0.3 is 0 Å². The summed E-state index contributed by atoms with van der Waals surface area (Å²) < 4.78 is 6.77. The van der Waals surface area contributed by atoms with Crippen LogP contribution in [0.4, 0.5) is 0 Å². The summed E-state index contributed by atoms with van der Waals surface area (Å²) in [6.45, 7) is 10.8. The van der Waals surface area contributed by atoms with Crippen molar-refractivity contribution in [2.24, 2.45) is 0 Å². The summed E-state index contributed by atoms with van der Waals surface area (Å²) in [7, 11) is 0. The SMILES string of the molecule is CCC[CH2][Sn](/[CH]=C/C(C)=C(\CCC)[N+](=O)[O-])([CH2]CCC)[CH2]CCC. The van der Waals surface area contributed by atoms with Crippen molar-refractivity contribution in [2.75, 3.05) is 0 Å². The molecule has 0 unspecified atom stereocenters. The number of unbranched alkanes of at least 4 members (excludes halogenated alkanes) is 3. The molecular weight excluding hydrogens is 405 g/mol. The van der Waals surface area contributed by atoms with E-state index in [-0.39, 0.29) is 4.92 Å². The molecule has 0 N–H and O–H groups in total. The van der Waals surface area contributed by atoms with Gasteiger partial charge in [0.15, 0.2) is 0 Å². The number of hydrogen-bond acceptors (Lipinski definition) is 2. The van der Waals surface area contributed by atoms with Gasteiger partial charge in [0.1, 0.15) is 0 Å². The zero-order valence-electron chi connectivity index (χ0n) is 16.7. The van der Waals surface area contributed by atoms with Gasteiger partial charge in [0.25, 0.3) is 0 Å². The van der Waals surface area contributed by atoms with Gasteiger partial charge in [-0.15, -0.1) is 0 Å². The number of nitro groups is 1. The second-order valence-corrected chi connectivity index (χ2v) is 20.2. The third kappa shape index (κ3) is 9.24. The van der Waals surface area contributed by atoms with E-state index in [1.165, 1.54) is 51.8 Å². The molecular formula is C20H39NO2Sn. The van der Waals surface area contributed by atoms with Crippen LogP contribution in [0, 0.1) is 10.1 Å². The molecule has 0 rings (SSSR count). The van der Waals surface area contributed by atoms with Crippen LogP contribution in [0.3, 0.4) is 0 Å². The Hall–Kier alpha value is -0.321. The van der Waals surface area contributed by atoms with Crippen LogP contribution >= 0.6 is 0 Å². The van der Waals surface area contributed by atoms with E-state index in [1.807, 2.05) is 13.8 Å². The standard InChI is InChI=1S/C8H12NO2.3C4H9.Sn/c1-4-6-8(9(10)11)7(3)5-2;3*1-3-4-2;/h2,5H,4,6H2,1,3H3;3*1,3-4H2,2H3;/b5-2?,8-7+;;;;. The van der Waals surface area contributed by atoms with Gasteiger partial charge >= 0.3 is 154 Å². The molecule has 0 aliphatic carbocycles. The van der Waals surface area contributed by atoms with Gasteiger partial charge in [0.05, 0.1) is 0 Å². The summed E-state index contributed by atoms with van der Waals surface area (Å²) in [5.74, 6) is 0. The first-order valence-corrected chi connectivity index (χ1v) is 17.7. The minimum atomic E-state index is -2.32. The third-order valence-corrected chi connectivity index (χ3v) is 19.0. The van der Waals surface area contributed by atoms with E-state index >= 15 is 0 Å². The summed E-state index contributed by atoms with van der Waals surface area (Å²) in [6.07, 6.45) is 11.3. The van der Waals surface area contributed by atoms with Crippen molar-refractivity contribution >= 4 is 18.4 Å². The maximum atomic E-state index is 11.3. The van der Waals surface area contributed by atoms with Crippen LogP contribution in [0.1, 0.15) is 86.0 Å². The predicted octanol–water partition coefficient (Wildman–Crippen LogP) is 7.28. The van der Waals surface area contributed by atoms with Crippen LogP contribution in [-0.4, -0.2) is 23.3 Å². The molecule has 0 aromatic heterocycles. The van der Waals surface area contributed by atoms with Gasteiger partial charge in [-0.25, -0.2) is 0 Å². The fourth-order valence-electron chi connectivity index (χ4n) is 3.28. The molecule has 0 bridgehead atoms. The van der Waals surface area contributed by atoms with Crippen molar-refractivity contribution in [3.63, 3.8) is 0 Å². The van der Waals surface area contributed by atoms with Crippen molar-refractivity contribution in [2.45, 2.75) is 99.3 Å². The molecule has 0 spiro atoms. The van der Waals surface area contributed by atoms with E-state index in [0.29, 0.717) is 12.1 Å². The number of hydrogen-bond donors (Lipinski definition) is 0. The first-order chi connectivity index (χ1) is 11.5. The maximum absolute atomic E-state index is 11.3. The van der Waals surface area contributed by atoms with E-state index in [4.69, 9.17) is 0 Å². The Morgan fingerprint density at radius 3 is 1.71 bits per heavy atom. The minimum absolute atomic E-state index is 0.176. The van der Waals surface area contributed by atoms with Crippen molar-refractivity contribution in [3.05, 3.63) is 31.6 Å². The number of allylic oxidation sites excluding steroid dienone is 3. The van der Waals surface area contributed by atoms with E-state index in [9.17, 15) is 10.1 Å². The van der Waals surface area contributed by atoms with E-state index in [1.54, 1.807) is 0 Å². The average molecular weight is 444 g/mol. The summed E-state index contributed by atoms with van der Waals surface area (Å²) in [6, 6.07) is 0. The normalized spacial score (nSPS) is 13.4. The second kappa shape index (κ2) is 13.9. The molecule has 0 saturated heterocycles. The number of nitrogens with zero attached hydrogens (tertiary/aromatic N) is 1. The fraction of sp³-hybridized carbons (Fsp3) is 0.800. The van der Waals surface area contributed by atoms with Crippen LogP contribution in [0.25, 0.3) is 0 Å². The zero-order chi connectivity index (χ0) is 18.4. The molecule has 0 fully saturated rings. The van der Waals surface area contributed by atoms with Crippen molar-refractivity contribution in [3.8, 4) is 0 Å². The fourth-order valence-corrected chi connectivity index (χ4v) is 17.6. The Balaban J connectivity index is 5.49. The van der Waals surface area contributed by atoms with Crippen LogP contribution in [0.5, 0.6) is 0 Å². The molecule has 4 heteroatoms. The Kier molecular flexibility index (Phi) is 13.7. The van der Waals surface area contributed by atoms with Crippen LogP contribution in [0.2, 0.25) is 13.3 Å². The first-order valence-electron chi connectivity index (χ1n) is 9.99.